The molecule has 1 unspecified atom stereocenters. The molecule has 1 atom stereocenters. The molecule has 0 spiro atoms. The fraction of sp³-hybridized carbons (Fsp3) is 0.308. The Balaban J connectivity index is 1.80. The number of rotatable bonds is 3. The molecule has 1 aliphatic heterocycles. The second-order valence-corrected chi connectivity index (χ2v) is 4.25. The average Bonchev–Trinajstić information content (AvgIpc) is 3.01. The van der Waals surface area contributed by atoms with E-state index in [-0.39, 0.29) is 6.10 Å². The molecular formula is C13H14N2O3. The zero-order valence-corrected chi connectivity index (χ0v) is 9.83. The summed E-state index contributed by atoms with van der Waals surface area (Å²) in [6.45, 7) is 1.42. The van der Waals surface area contributed by atoms with Crippen molar-refractivity contribution in [3.8, 4) is 17.0 Å². The molecule has 3 rings (SSSR count). The van der Waals surface area contributed by atoms with E-state index in [1.54, 1.807) is 6.07 Å². The highest BCUT2D eigenvalue weighted by Gasteiger charge is 2.17. The Morgan fingerprint density at radius 2 is 2.28 bits per heavy atom. The molecule has 0 bridgehead atoms. The summed E-state index contributed by atoms with van der Waals surface area (Å²) in [5, 5.41) is 3.88. The first-order valence-corrected chi connectivity index (χ1v) is 5.88. The van der Waals surface area contributed by atoms with E-state index in [4.69, 9.17) is 19.7 Å². The maximum atomic E-state index is 5.83. The highest BCUT2D eigenvalue weighted by molar-refractivity contribution is 5.62. The number of ether oxygens (including phenoxy) is 2. The molecule has 1 aromatic carbocycles. The number of benzene rings is 1. The summed E-state index contributed by atoms with van der Waals surface area (Å²) in [7, 11) is 0. The van der Waals surface area contributed by atoms with Crippen LogP contribution in [0.3, 0.4) is 0 Å². The van der Waals surface area contributed by atoms with Crippen molar-refractivity contribution in [3.05, 3.63) is 30.3 Å². The molecule has 0 aliphatic carbocycles. The molecule has 2 heterocycles. The van der Waals surface area contributed by atoms with E-state index in [9.17, 15) is 0 Å². The van der Waals surface area contributed by atoms with Gasteiger partial charge in [0.15, 0.2) is 0 Å². The summed E-state index contributed by atoms with van der Waals surface area (Å²) in [5.41, 5.74) is 7.14. The highest BCUT2D eigenvalue weighted by atomic mass is 16.5. The van der Waals surface area contributed by atoms with Crippen molar-refractivity contribution in [3.63, 3.8) is 0 Å². The van der Waals surface area contributed by atoms with E-state index < -0.39 is 0 Å². The van der Waals surface area contributed by atoms with Crippen molar-refractivity contribution in [2.24, 2.45) is 0 Å². The fourth-order valence-corrected chi connectivity index (χ4v) is 1.95. The number of hydrogen-bond donors (Lipinski definition) is 1. The van der Waals surface area contributed by atoms with Crippen LogP contribution in [0.2, 0.25) is 0 Å². The van der Waals surface area contributed by atoms with Crippen LogP contribution in [0.4, 0.5) is 5.88 Å². The molecule has 5 heteroatoms. The van der Waals surface area contributed by atoms with Crippen molar-refractivity contribution < 1.29 is 14.0 Å². The second-order valence-electron chi connectivity index (χ2n) is 4.25. The van der Waals surface area contributed by atoms with E-state index >= 15 is 0 Å². The van der Waals surface area contributed by atoms with Gasteiger partial charge in [0.1, 0.15) is 17.5 Å². The number of aromatic nitrogens is 1. The van der Waals surface area contributed by atoms with E-state index in [1.807, 2.05) is 24.3 Å². The van der Waals surface area contributed by atoms with Crippen LogP contribution in [0.1, 0.15) is 6.42 Å². The van der Waals surface area contributed by atoms with E-state index in [1.165, 1.54) is 0 Å². The fourth-order valence-electron chi connectivity index (χ4n) is 1.95. The van der Waals surface area contributed by atoms with Gasteiger partial charge in [-0.3, -0.25) is 0 Å². The molecule has 0 radical (unpaired) electrons. The number of nitrogens with zero attached hydrogens (tertiary/aromatic N) is 1. The number of hydrogen-bond acceptors (Lipinski definition) is 5. The molecule has 2 aromatic rings. The van der Waals surface area contributed by atoms with Gasteiger partial charge in [-0.1, -0.05) is 17.3 Å². The van der Waals surface area contributed by atoms with E-state index in [0.29, 0.717) is 18.2 Å². The van der Waals surface area contributed by atoms with Gasteiger partial charge in [-0.15, -0.1) is 0 Å². The van der Waals surface area contributed by atoms with Gasteiger partial charge in [0, 0.05) is 18.1 Å². The first-order chi connectivity index (χ1) is 8.81. The van der Waals surface area contributed by atoms with Gasteiger partial charge in [0.2, 0.25) is 5.88 Å². The number of anilines is 1. The Morgan fingerprint density at radius 1 is 1.33 bits per heavy atom. The quantitative estimate of drug-likeness (QED) is 0.897. The van der Waals surface area contributed by atoms with Crippen molar-refractivity contribution >= 4 is 5.88 Å². The van der Waals surface area contributed by atoms with E-state index in [0.717, 1.165) is 24.3 Å². The van der Waals surface area contributed by atoms with Gasteiger partial charge in [0.25, 0.3) is 0 Å². The minimum Gasteiger partial charge on any atom is -0.488 e. The Hall–Kier alpha value is -2.01. The molecule has 1 saturated heterocycles. The van der Waals surface area contributed by atoms with Crippen LogP contribution < -0.4 is 10.5 Å². The molecule has 2 N–H and O–H groups in total. The molecular weight excluding hydrogens is 232 g/mol. The Kier molecular flexibility index (Phi) is 2.90. The zero-order valence-electron chi connectivity index (χ0n) is 9.83. The predicted molar refractivity (Wildman–Crippen MR) is 66.2 cm³/mol. The molecule has 0 amide bonds. The maximum absolute atomic E-state index is 5.83. The monoisotopic (exact) mass is 246 g/mol. The molecule has 1 aliphatic rings. The third-order valence-electron chi connectivity index (χ3n) is 2.85. The van der Waals surface area contributed by atoms with Gasteiger partial charge in [-0.2, -0.15) is 0 Å². The molecule has 18 heavy (non-hydrogen) atoms. The second kappa shape index (κ2) is 4.70. The van der Waals surface area contributed by atoms with Crippen molar-refractivity contribution in [2.75, 3.05) is 18.9 Å². The molecule has 1 aromatic heterocycles. The third-order valence-corrected chi connectivity index (χ3v) is 2.85. The van der Waals surface area contributed by atoms with Crippen LogP contribution in [-0.2, 0) is 4.74 Å². The van der Waals surface area contributed by atoms with Crippen LogP contribution in [0, 0.1) is 0 Å². The minimum absolute atomic E-state index is 0.141. The summed E-state index contributed by atoms with van der Waals surface area (Å²) in [6, 6.07) is 9.40. The summed E-state index contributed by atoms with van der Waals surface area (Å²) in [6.07, 6.45) is 1.07. The van der Waals surface area contributed by atoms with Crippen LogP contribution in [-0.4, -0.2) is 24.5 Å². The molecule has 0 saturated carbocycles. The lowest BCUT2D eigenvalue weighted by Crippen LogP contribution is -2.15. The Morgan fingerprint density at radius 3 is 3.00 bits per heavy atom. The van der Waals surface area contributed by atoms with Gasteiger partial charge in [-0.05, 0) is 12.1 Å². The van der Waals surface area contributed by atoms with E-state index in [2.05, 4.69) is 5.16 Å². The Labute approximate surface area is 104 Å². The van der Waals surface area contributed by atoms with Crippen LogP contribution in [0.15, 0.2) is 34.9 Å². The van der Waals surface area contributed by atoms with Crippen molar-refractivity contribution in [2.45, 2.75) is 12.5 Å². The first kappa shape index (κ1) is 11.1. The molecule has 1 fully saturated rings. The Bertz CT molecular complexity index is 533. The first-order valence-electron chi connectivity index (χ1n) is 5.88. The van der Waals surface area contributed by atoms with Crippen molar-refractivity contribution in [1.29, 1.82) is 0 Å². The summed E-state index contributed by atoms with van der Waals surface area (Å²) >= 11 is 0. The number of nitrogens with two attached hydrogens (primary N) is 1. The third kappa shape index (κ3) is 2.31. The summed E-state index contributed by atoms with van der Waals surface area (Å²) in [5.74, 6) is 1.12. The normalized spacial score (nSPS) is 19.0. The number of nitrogen functional groups attached to an aromatic ring is 1. The average molecular weight is 246 g/mol. The topological polar surface area (TPSA) is 70.5 Å². The molecule has 5 nitrogen and oxygen atoms in total. The van der Waals surface area contributed by atoms with Crippen LogP contribution in [0.5, 0.6) is 5.75 Å². The van der Waals surface area contributed by atoms with Gasteiger partial charge >= 0.3 is 0 Å². The molecule has 94 valence electrons. The van der Waals surface area contributed by atoms with Crippen LogP contribution in [0.25, 0.3) is 11.3 Å². The highest BCUT2D eigenvalue weighted by Crippen LogP contribution is 2.25. The van der Waals surface area contributed by atoms with Crippen molar-refractivity contribution in [1.82, 2.24) is 5.16 Å². The maximum Gasteiger partial charge on any atom is 0.222 e. The van der Waals surface area contributed by atoms with Gasteiger partial charge in [-0.25, -0.2) is 0 Å². The SMILES string of the molecule is Nc1cc(-c2cccc(OC3CCOC3)c2)no1. The lowest BCUT2D eigenvalue weighted by molar-refractivity contribution is 0.141. The lowest BCUT2D eigenvalue weighted by atomic mass is 10.1. The largest absolute Gasteiger partial charge is 0.488 e. The van der Waals surface area contributed by atoms with Gasteiger partial charge in [0.05, 0.1) is 13.2 Å². The van der Waals surface area contributed by atoms with Gasteiger partial charge < -0.3 is 19.7 Å². The minimum atomic E-state index is 0.141. The smallest absolute Gasteiger partial charge is 0.222 e. The lowest BCUT2D eigenvalue weighted by Gasteiger charge is -2.12. The summed E-state index contributed by atoms with van der Waals surface area (Å²) < 4.78 is 16.0. The standard InChI is InChI=1S/C13H14N2O3/c14-13-7-12(15-18-13)9-2-1-3-10(6-9)17-11-4-5-16-8-11/h1-3,6-7,11H,4-5,8,14H2. The summed E-state index contributed by atoms with van der Waals surface area (Å²) in [4.78, 5) is 0. The van der Waals surface area contributed by atoms with Crippen LogP contribution >= 0.6 is 0 Å². The predicted octanol–water partition coefficient (Wildman–Crippen LogP) is 2.09. The zero-order chi connectivity index (χ0) is 12.4.